The number of hydrogen-bond donors (Lipinski definition) is 1. The van der Waals surface area contributed by atoms with Gasteiger partial charge in [0.15, 0.2) is 0 Å². The Labute approximate surface area is 176 Å². The predicted molar refractivity (Wildman–Crippen MR) is 114 cm³/mol. The fourth-order valence-electron chi connectivity index (χ4n) is 4.56. The lowest BCUT2D eigenvalue weighted by Gasteiger charge is -2.34. The van der Waals surface area contributed by atoms with Gasteiger partial charge in [-0.05, 0) is 67.2 Å². The first-order valence-electron chi connectivity index (χ1n) is 10.7. The van der Waals surface area contributed by atoms with Crippen LogP contribution in [0.3, 0.4) is 0 Å². The molecule has 0 spiro atoms. The number of carbonyl (C=O) groups is 2. The van der Waals surface area contributed by atoms with Crippen LogP contribution in [0, 0.1) is 11.7 Å². The zero-order chi connectivity index (χ0) is 20.9. The highest BCUT2D eigenvalue weighted by atomic mass is 19.1. The Morgan fingerprint density at radius 1 is 1.10 bits per heavy atom. The van der Waals surface area contributed by atoms with Crippen LogP contribution < -0.4 is 5.32 Å². The summed E-state index contributed by atoms with van der Waals surface area (Å²) >= 11 is 0. The number of nitrogens with one attached hydrogen (secondary N) is 1. The zero-order valence-electron chi connectivity index (χ0n) is 17.1. The summed E-state index contributed by atoms with van der Waals surface area (Å²) in [6.45, 7) is 4.47. The highest BCUT2D eigenvalue weighted by Gasteiger charge is 2.32. The van der Waals surface area contributed by atoms with Crippen molar-refractivity contribution in [3.63, 3.8) is 0 Å². The topological polar surface area (TPSA) is 52.7 Å². The van der Waals surface area contributed by atoms with Crippen molar-refractivity contribution in [3.05, 3.63) is 65.5 Å². The van der Waals surface area contributed by atoms with Gasteiger partial charge >= 0.3 is 0 Å². The van der Waals surface area contributed by atoms with Gasteiger partial charge in [-0.25, -0.2) is 4.39 Å². The summed E-state index contributed by atoms with van der Waals surface area (Å²) in [4.78, 5) is 28.4. The summed E-state index contributed by atoms with van der Waals surface area (Å²) < 4.78 is 12.9. The van der Waals surface area contributed by atoms with E-state index < -0.39 is 0 Å². The van der Waals surface area contributed by atoms with Crippen molar-refractivity contribution in [2.24, 2.45) is 5.92 Å². The Kier molecular flexibility index (Phi) is 6.55. The van der Waals surface area contributed by atoms with Gasteiger partial charge in [-0.3, -0.25) is 9.69 Å². The van der Waals surface area contributed by atoms with Crippen molar-refractivity contribution in [3.8, 4) is 0 Å². The number of nitrogens with zero attached hydrogens (tertiary/aromatic N) is 2. The molecule has 0 radical (unpaired) electrons. The van der Waals surface area contributed by atoms with E-state index in [1.165, 1.54) is 17.7 Å². The fraction of sp³-hybridized carbons (Fsp3) is 0.417. The smallest absolute Gasteiger partial charge is 0.225 e. The maximum absolute atomic E-state index is 12.9. The molecule has 1 amide bonds. The number of benzene rings is 2. The third-order valence-corrected chi connectivity index (χ3v) is 6.25. The van der Waals surface area contributed by atoms with Crippen molar-refractivity contribution >= 4 is 17.9 Å². The van der Waals surface area contributed by atoms with Crippen molar-refractivity contribution in [1.82, 2.24) is 9.80 Å². The van der Waals surface area contributed by atoms with E-state index in [0.717, 1.165) is 57.4 Å². The molecule has 0 aliphatic carbocycles. The van der Waals surface area contributed by atoms with E-state index in [4.69, 9.17) is 0 Å². The number of rotatable bonds is 7. The SMILES string of the molecule is O=CC1c2ccccc2CN1CC1CCN(CCC(=O)Nc2ccc(F)cc2)CC1. The van der Waals surface area contributed by atoms with E-state index in [2.05, 4.69) is 27.2 Å². The maximum Gasteiger partial charge on any atom is 0.225 e. The molecular weight excluding hydrogens is 381 g/mol. The number of carbonyl (C=O) groups excluding carboxylic acids is 2. The molecule has 1 unspecified atom stereocenters. The van der Waals surface area contributed by atoms with Crippen molar-refractivity contribution in [2.45, 2.75) is 31.8 Å². The minimum absolute atomic E-state index is 0.0487. The first kappa shape index (κ1) is 20.7. The normalized spacial score (nSPS) is 20.1. The lowest BCUT2D eigenvalue weighted by Crippen LogP contribution is -2.39. The van der Waals surface area contributed by atoms with Gasteiger partial charge in [0.25, 0.3) is 0 Å². The van der Waals surface area contributed by atoms with Crippen LogP contribution in [-0.2, 0) is 16.1 Å². The van der Waals surface area contributed by atoms with Crippen molar-refractivity contribution in [1.29, 1.82) is 0 Å². The van der Waals surface area contributed by atoms with E-state index in [1.54, 1.807) is 12.1 Å². The second-order valence-electron chi connectivity index (χ2n) is 8.30. The van der Waals surface area contributed by atoms with Crippen molar-refractivity contribution in [2.75, 3.05) is 31.5 Å². The summed E-state index contributed by atoms with van der Waals surface area (Å²) in [5.41, 5.74) is 3.03. The molecule has 2 aromatic rings. The first-order valence-corrected chi connectivity index (χ1v) is 10.7. The van der Waals surface area contributed by atoms with Gasteiger partial charge in [-0.2, -0.15) is 0 Å². The van der Waals surface area contributed by atoms with Gasteiger partial charge in [-0.15, -0.1) is 0 Å². The average Bonchev–Trinajstić information content (AvgIpc) is 3.12. The number of fused-ring (bicyclic) bond motifs is 1. The standard InChI is InChI=1S/C24H28FN3O2/c25-20-5-7-21(8-6-20)26-24(30)11-14-27-12-9-18(10-13-27)15-28-16-19-3-1-2-4-22(19)23(28)17-29/h1-8,17-18,23H,9-16H2,(H,26,30). The first-order chi connectivity index (χ1) is 14.6. The number of amides is 1. The van der Waals surface area contributed by atoms with E-state index in [0.29, 0.717) is 18.0 Å². The molecule has 2 aliphatic rings. The van der Waals surface area contributed by atoms with Crippen LogP contribution in [0.25, 0.3) is 0 Å². The molecule has 0 aromatic heterocycles. The Balaban J connectivity index is 1.19. The number of hydrogen-bond acceptors (Lipinski definition) is 4. The summed E-state index contributed by atoms with van der Waals surface area (Å²) in [7, 11) is 0. The predicted octanol–water partition coefficient (Wildman–Crippen LogP) is 3.62. The van der Waals surface area contributed by atoms with E-state index in [-0.39, 0.29) is 17.8 Å². The van der Waals surface area contributed by atoms with Gasteiger partial charge < -0.3 is 15.0 Å². The largest absolute Gasteiger partial charge is 0.326 e. The Morgan fingerprint density at radius 3 is 2.57 bits per heavy atom. The van der Waals surface area contributed by atoms with Gasteiger partial charge in [0.1, 0.15) is 12.1 Å². The molecule has 1 saturated heterocycles. The molecule has 4 rings (SSSR count). The van der Waals surface area contributed by atoms with E-state index in [1.807, 2.05) is 12.1 Å². The van der Waals surface area contributed by atoms with Crippen LogP contribution in [-0.4, -0.2) is 48.2 Å². The molecule has 5 nitrogen and oxygen atoms in total. The van der Waals surface area contributed by atoms with Crippen molar-refractivity contribution < 1.29 is 14.0 Å². The van der Waals surface area contributed by atoms with Crippen LogP contribution >= 0.6 is 0 Å². The summed E-state index contributed by atoms with van der Waals surface area (Å²) in [5, 5.41) is 2.81. The highest BCUT2D eigenvalue weighted by Crippen LogP contribution is 2.33. The lowest BCUT2D eigenvalue weighted by molar-refractivity contribution is -0.116. The second-order valence-corrected chi connectivity index (χ2v) is 8.30. The van der Waals surface area contributed by atoms with Crippen LogP contribution in [0.2, 0.25) is 0 Å². The van der Waals surface area contributed by atoms with Gasteiger partial charge in [0.2, 0.25) is 5.91 Å². The number of aldehydes is 1. The molecule has 2 heterocycles. The molecule has 6 heteroatoms. The molecule has 0 saturated carbocycles. The minimum atomic E-state index is -0.312. The Bertz CT molecular complexity index is 878. The zero-order valence-corrected chi connectivity index (χ0v) is 17.1. The minimum Gasteiger partial charge on any atom is -0.326 e. The van der Waals surface area contributed by atoms with Crippen LogP contribution in [0.15, 0.2) is 48.5 Å². The molecule has 1 atom stereocenters. The molecular formula is C24H28FN3O2. The lowest BCUT2D eigenvalue weighted by atomic mass is 9.95. The van der Waals surface area contributed by atoms with E-state index in [9.17, 15) is 14.0 Å². The quantitative estimate of drug-likeness (QED) is 0.710. The number of piperidine rings is 1. The highest BCUT2D eigenvalue weighted by molar-refractivity contribution is 5.90. The summed E-state index contributed by atoms with van der Waals surface area (Å²) in [6, 6.07) is 13.9. The van der Waals surface area contributed by atoms with Crippen LogP contribution in [0.4, 0.5) is 10.1 Å². The molecule has 1 N–H and O–H groups in total. The van der Waals surface area contributed by atoms with Gasteiger partial charge in [0, 0.05) is 31.7 Å². The number of likely N-dealkylation sites (tertiary alicyclic amines) is 1. The fourth-order valence-corrected chi connectivity index (χ4v) is 4.56. The van der Waals surface area contributed by atoms with Crippen LogP contribution in [0.5, 0.6) is 0 Å². The third-order valence-electron chi connectivity index (χ3n) is 6.25. The molecule has 158 valence electrons. The Morgan fingerprint density at radius 2 is 1.83 bits per heavy atom. The molecule has 0 bridgehead atoms. The van der Waals surface area contributed by atoms with E-state index >= 15 is 0 Å². The Hall–Kier alpha value is -2.57. The van der Waals surface area contributed by atoms with Crippen LogP contribution in [0.1, 0.15) is 36.4 Å². The third kappa shape index (κ3) is 4.94. The average molecular weight is 410 g/mol. The maximum atomic E-state index is 12.9. The van der Waals surface area contributed by atoms with Gasteiger partial charge in [0.05, 0.1) is 6.04 Å². The van der Waals surface area contributed by atoms with Gasteiger partial charge in [-0.1, -0.05) is 24.3 Å². The second kappa shape index (κ2) is 9.49. The number of halogens is 1. The monoisotopic (exact) mass is 409 g/mol. The molecule has 2 aromatic carbocycles. The molecule has 30 heavy (non-hydrogen) atoms. The molecule has 2 aliphatic heterocycles. The number of anilines is 1. The summed E-state index contributed by atoms with van der Waals surface area (Å²) in [6.07, 6.45) is 3.66. The summed E-state index contributed by atoms with van der Waals surface area (Å²) in [5.74, 6) is 0.214. The molecule has 1 fully saturated rings.